The number of nitrogens with two attached hydrogens (primary N) is 1. The van der Waals surface area contributed by atoms with E-state index < -0.39 is 11.6 Å². The third kappa shape index (κ3) is 1.85. The lowest BCUT2D eigenvalue weighted by Gasteiger charge is -2.14. The molecule has 2 N–H and O–H groups in total. The highest BCUT2D eigenvalue weighted by Gasteiger charge is 2.18. The quantitative estimate of drug-likeness (QED) is 0.812. The summed E-state index contributed by atoms with van der Waals surface area (Å²) in [6.07, 6.45) is 0. The van der Waals surface area contributed by atoms with Crippen LogP contribution in [-0.2, 0) is 0 Å². The van der Waals surface area contributed by atoms with Gasteiger partial charge in [-0.15, -0.1) is 0 Å². The van der Waals surface area contributed by atoms with E-state index in [4.69, 9.17) is 10.5 Å². The van der Waals surface area contributed by atoms with Crippen molar-refractivity contribution in [1.82, 2.24) is 0 Å². The predicted molar refractivity (Wildman–Crippen MR) is 50.4 cm³/mol. The first-order valence-corrected chi connectivity index (χ1v) is 4.33. The summed E-state index contributed by atoms with van der Waals surface area (Å²) in [5, 5.41) is 0. The maximum Gasteiger partial charge on any atom is 0.166 e. The van der Waals surface area contributed by atoms with Crippen LogP contribution in [0.25, 0.3) is 0 Å². The first-order chi connectivity index (χ1) is 6.61. The van der Waals surface area contributed by atoms with Gasteiger partial charge in [0.2, 0.25) is 0 Å². The first-order valence-electron chi connectivity index (χ1n) is 4.33. The van der Waals surface area contributed by atoms with Crippen LogP contribution in [0.15, 0.2) is 12.1 Å². The molecular formula is C10H13F2NO. The van der Waals surface area contributed by atoms with Crippen molar-refractivity contribution in [2.24, 2.45) is 5.73 Å². The molecule has 78 valence electrons. The minimum Gasteiger partial charge on any atom is -0.496 e. The fourth-order valence-electron chi connectivity index (χ4n) is 1.30. The average molecular weight is 201 g/mol. The number of halogens is 2. The molecule has 0 bridgehead atoms. The molecule has 1 unspecified atom stereocenters. The summed E-state index contributed by atoms with van der Waals surface area (Å²) < 4.78 is 31.2. The van der Waals surface area contributed by atoms with Gasteiger partial charge in [-0.2, -0.15) is 0 Å². The summed E-state index contributed by atoms with van der Waals surface area (Å²) in [7, 11) is 1.42. The Kier molecular flexibility index (Phi) is 3.41. The van der Waals surface area contributed by atoms with E-state index in [0.717, 1.165) is 6.07 Å². The van der Waals surface area contributed by atoms with Crippen molar-refractivity contribution in [3.63, 3.8) is 0 Å². The van der Waals surface area contributed by atoms with Gasteiger partial charge in [-0.3, -0.25) is 0 Å². The second-order valence-corrected chi connectivity index (χ2v) is 3.11. The lowest BCUT2D eigenvalue weighted by Crippen LogP contribution is -2.12. The molecule has 1 rings (SSSR count). The second kappa shape index (κ2) is 4.37. The summed E-state index contributed by atoms with van der Waals surface area (Å²) in [6, 6.07) is 2.45. The standard InChI is InChI=1S/C10H13F2NO/c1-6(5-13)9-8(14-2)4-3-7(11)10(9)12/h3-4,6H,5,13H2,1-2H3. The van der Waals surface area contributed by atoms with E-state index in [1.54, 1.807) is 6.92 Å². The van der Waals surface area contributed by atoms with E-state index in [1.165, 1.54) is 13.2 Å². The van der Waals surface area contributed by atoms with Crippen molar-refractivity contribution in [2.45, 2.75) is 12.8 Å². The SMILES string of the molecule is COc1ccc(F)c(F)c1C(C)CN. The van der Waals surface area contributed by atoms with E-state index in [9.17, 15) is 8.78 Å². The van der Waals surface area contributed by atoms with Gasteiger partial charge in [0.15, 0.2) is 11.6 Å². The normalized spacial score (nSPS) is 12.6. The molecule has 0 amide bonds. The summed E-state index contributed by atoms with van der Waals surface area (Å²) in [4.78, 5) is 0. The molecule has 2 nitrogen and oxygen atoms in total. The fourth-order valence-corrected chi connectivity index (χ4v) is 1.30. The molecule has 0 aromatic heterocycles. The Morgan fingerprint density at radius 2 is 2.07 bits per heavy atom. The summed E-state index contributed by atoms with van der Waals surface area (Å²) in [6.45, 7) is 1.97. The van der Waals surface area contributed by atoms with Crippen molar-refractivity contribution in [3.8, 4) is 5.75 Å². The van der Waals surface area contributed by atoms with Crippen molar-refractivity contribution < 1.29 is 13.5 Å². The molecular weight excluding hydrogens is 188 g/mol. The van der Waals surface area contributed by atoms with Gasteiger partial charge in [-0.1, -0.05) is 6.92 Å². The minimum absolute atomic E-state index is 0.204. The van der Waals surface area contributed by atoms with Gasteiger partial charge in [-0.05, 0) is 24.6 Å². The van der Waals surface area contributed by atoms with Crippen LogP contribution < -0.4 is 10.5 Å². The third-order valence-electron chi connectivity index (χ3n) is 2.16. The topological polar surface area (TPSA) is 35.2 Å². The van der Waals surface area contributed by atoms with Gasteiger partial charge < -0.3 is 10.5 Å². The van der Waals surface area contributed by atoms with Crippen LogP contribution in [0.5, 0.6) is 5.75 Å². The zero-order chi connectivity index (χ0) is 10.7. The van der Waals surface area contributed by atoms with Gasteiger partial charge >= 0.3 is 0 Å². The number of ether oxygens (including phenoxy) is 1. The number of benzene rings is 1. The highest BCUT2D eigenvalue weighted by molar-refractivity contribution is 5.38. The van der Waals surface area contributed by atoms with Crippen LogP contribution in [0, 0.1) is 11.6 Å². The molecule has 0 radical (unpaired) electrons. The van der Waals surface area contributed by atoms with Crippen LogP contribution in [0.4, 0.5) is 8.78 Å². The van der Waals surface area contributed by atoms with Crippen molar-refractivity contribution in [2.75, 3.05) is 13.7 Å². The molecule has 14 heavy (non-hydrogen) atoms. The molecule has 0 saturated heterocycles. The highest BCUT2D eigenvalue weighted by atomic mass is 19.2. The van der Waals surface area contributed by atoms with Gasteiger partial charge in [0.05, 0.1) is 7.11 Å². The fraction of sp³-hybridized carbons (Fsp3) is 0.400. The average Bonchev–Trinajstić information content (AvgIpc) is 2.20. The zero-order valence-corrected chi connectivity index (χ0v) is 8.18. The van der Waals surface area contributed by atoms with Crippen molar-refractivity contribution >= 4 is 0 Å². The largest absolute Gasteiger partial charge is 0.496 e. The maximum atomic E-state index is 13.4. The van der Waals surface area contributed by atoms with Crippen molar-refractivity contribution in [3.05, 3.63) is 29.3 Å². The molecule has 0 aliphatic heterocycles. The molecule has 1 atom stereocenters. The van der Waals surface area contributed by atoms with Gasteiger partial charge in [0.1, 0.15) is 5.75 Å². The lowest BCUT2D eigenvalue weighted by molar-refractivity contribution is 0.393. The Balaban J connectivity index is 3.27. The Labute approximate surface area is 81.7 Å². The summed E-state index contributed by atoms with van der Waals surface area (Å²) in [5.74, 6) is -1.68. The molecule has 0 saturated carbocycles. The molecule has 0 aliphatic rings. The van der Waals surface area contributed by atoms with Crippen molar-refractivity contribution in [1.29, 1.82) is 0 Å². The monoisotopic (exact) mass is 201 g/mol. The van der Waals surface area contributed by atoms with E-state index in [1.807, 2.05) is 0 Å². The molecule has 4 heteroatoms. The smallest absolute Gasteiger partial charge is 0.166 e. The molecule has 0 heterocycles. The van der Waals surface area contributed by atoms with Crippen LogP contribution in [0.2, 0.25) is 0 Å². The number of methoxy groups -OCH3 is 1. The van der Waals surface area contributed by atoms with Crippen LogP contribution in [-0.4, -0.2) is 13.7 Å². The third-order valence-corrected chi connectivity index (χ3v) is 2.16. The Morgan fingerprint density at radius 1 is 1.43 bits per heavy atom. The van der Waals surface area contributed by atoms with E-state index in [0.29, 0.717) is 5.75 Å². The van der Waals surface area contributed by atoms with Crippen LogP contribution in [0.3, 0.4) is 0 Å². The minimum atomic E-state index is -0.874. The van der Waals surface area contributed by atoms with Gasteiger partial charge in [-0.25, -0.2) is 8.78 Å². The van der Waals surface area contributed by atoms with E-state index >= 15 is 0 Å². The number of hydrogen-bond acceptors (Lipinski definition) is 2. The molecule has 0 fully saturated rings. The Morgan fingerprint density at radius 3 is 2.57 bits per heavy atom. The van der Waals surface area contributed by atoms with Gasteiger partial charge in [0, 0.05) is 5.56 Å². The summed E-state index contributed by atoms with van der Waals surface area (Å²) >= 11 is 0. The second-order valence-electron chi connectivity index (χ2n) is 3.11. The predicted octanol–water partition coefficient (Wildman–Crippen LogP) is 2.04. The molecule has 0 spiro atoms. The Bertz CT molecular complexity index is 328. The van der Waals surface area contributed by atoms with E-state index in [-0.39, 0.29) is 18.0 Å². The molecule has 1 aromatic rings. The maximum absolute atomic E-state index is 13.4. The zero-order valence-electron chi connectivity index (χ0n) is 8.18. The van der Waals surface area contributed by atoms with Crippen LogP contribution in [0.1, 0.15) is 18.4 Å². The summed E-state index contributed by atoms with van der Waals surface area (Å²) in [5.41, 5.74) is 5.61. The van der Waals surface area contributed by atoms with E-state index in [2.05, 4.69) is 0 Å². The highest BCUT2D eigenvalue weighted by Crippen LogP contribution is 2.29. The number of rotatable bonds is 3. The van der Waals surface area contributed by atoms with Crippen LogP contribution >= 0.6 is 0 Å². The number of hydrogen-bond donors (Lipinski definition) is 1. The molecule has 0 aliphatic carbocycles. The van der Waals surface area contributed by atoms with Gasteiger partial charge in [0.25, 0.3) is 0 Å². The lowest BCUT2D eigenvalue weighted by atomic mass is 9.99. The molecule has 1 aromatic carbocycles. The Hall–Kier alpha value is -1.16. The first kappa shape index (κ1) is 10.9.